The van der Waals surface area contributed by atoms with Gasteiger partial charge in [-0.05, 0) is 12.4 Å². The predicted octanol–water partition coefficient (Wildman–Crippen LogP) is -4.83. The van der Waals surface area contributed by atoms with Crippen LogP contribution in [-0.2, 0) is 0 Å². The van der Waals surface area contributed by atoms with Crippen LogP contribution in [-0.4, -0.2) is 25.1 Å². The summed E-state index contributed by atoms with van der Waals surface area (Å²) in [7, 11) is 6.57. The van der Waals surface area contributed by atoms with E-state index in [4.69, 9.17) is 4.74 Å². The van der Waals surface area contributed by atoms with Crippen molar-refractivity contribution >= 4 is 6.03 Å². The van der Waals surface area contributed by atoms with Crippen LogP contribution in [0.1, 0.15) is 0 Å². The third kappa shape index (κ3) is 5.54. The molecule has 0 radical (unpaired) electrons. The van der Waals surface area contributed by atoms with Crippen LogP contribution in [0.2, 0.25) is 0 Å². The van der Waals surface area contributed by atoms with Gasteiger partial charge in [-0.3, -0.25) is 7.05 Å². The summed E-state index contributed by atoms with van der Waals surface area (Å²) in [5.41, 5.74) is 0. The van der Waals surface area contributed by atoms with Gasteiger partial charge in [-0.2, -0.15) is 0 Å². The minimum atomic E-state index is -0.379. The van der Waals surface area contributed by atoms with Gasteiger partial charge in [0.05, 0.1) is 7.11 Å². The van der Waals surface area contributed by atoms with Gasteiger partial charge in [0.25, 0.3) is 0 Å². The number of amides is 2. The molecule has 0 atom stereocenters. The van der Waals surface area contributed by atoms with Crippen LogP contribution < -0.4 is 47.8 Å². The summed E-state index contributed by atoms with van der Waals surface area (Å²) in [6.45, 7) is 0. The molecule has 0 aliphatic rings. The summed E-state index contributed by atoms with van der Waals surface area (Å²) < 4.78 is 4.97. The Bertz CT molecular complexity index is 368. The van der Waals surface area contributed by atoms with Crippen molar-refractivity contribution in [2.75, 3.05) is 14.2 Å². The number of methoxy groups -OCH3 is 1. The summed E-state index contributed by atoms with van der Waals surface area (Å²) in [4.78, 5) is 16.1. The van der Waals surface area contributed by atoms with E-state index in [9.17, 15) is 4.79 Å². The number of nitrogens with zero attached hydrogens (tertiary/aromatic N) is 2. The van der Waals surface area contributed by atoms with Gasteiger partial charge in [-0.15, -0.1) is 24.3 Å². The normalized spacial score (nSPS) is 8.19. The molecule has 1 aromatic rings. The monoisotopic (exact) mass is 206 g/mol. The molecule has 0 aliphatic carbocycles. The first kappa shape index (κ1) is 17.9. The first-order valence-electron chi connectivity index (χ1n) is 4.07. The SMILES string of the molecule is [CH2-]N(C)C(=O)N=c1ccc(OC)c[cH-]1.[Li+].[Li+]. The van der Waals surface area contributed by atoms with Gasteiger partial charge in [0.15, 0.2) is 0 Å². The Balaban J connectivity index is 0. The maximum atomic E-state index is 11.1. The average molecular weight is 206 g/mol. The van der Waals surface area contributed by atoms with Crippen LogP contribution in [0.4, 0.5) is 4.79 Å². The van der Waals surface area contributed by atoms with Gasteiger partial charge in [0, 0.05) is 5.75 Å². The molecule has 0 aliphatic heterocycles. The molecule has 6 heteroatoms. The van der Waals surface area contributed by atoms with E-state index in [1.165, 1.54) is 4.90 Å². The van der Waals surface area contributed by atoms with Crippen LogP contribution in [0, 0.1) is 7.05 Å². The van der Waals surface area contributed by atoms with E-state index in [1.54, 1.807) is 38.4 Å². The zero-order chi connectivity index (χ0) is 10.6. The Morgan fingerprint density at radius 3 is 2.50 bits per heavy atom. The molecule has 0 fully saturated rings. The molecule has 0 bridgehead atoms. The number of carbonyl (C=O) groups is 1. The van der Waals surface area contributed by atoms with Crippen LogP contribution in [0.5, 0.6) is 5.75 Å². The molecule has 1 aromatic carbocycles. The fourth-order valence-electron chi connectivity index (χ4n) is 0.853. The van der Waals surface area contributed by atoms with Crippen molar-refractivity contribution in [2.45, 2.75) is 0 Å². The van der Waals surface area contributed by atoms with Crippen LogP contribution >= 0.6 is 0 Å². The molecule has 0 unspecified atom stereocenters. The van der Waals surface area contributed by atoms with E-state index in [1.807, 2.05) is 0 Å². The third-order valence-corrected chi connectivity index (χ3v) is 1.62. The largest absolute Gasteiger partial charge is 1.00 e. The Morgan fingerprint density at radius 1 is 1.50 bits per heavy atom. The minimum absolute atomic E-state index is 0. The third-order valence-electron chi connectivity index (χ3n) is 1.62. The first-order valence-corrected chi connectivity index (χ1v) is 4.07. The second-order valence-corrected chi connectivity index (χ2v) is 2.79. The van der Waals surface area contributed by atoms with Gasteiger partial charge < -0.3 is 9.64 Å². The molecular weight excluding hydrogens is 194 g/mol. The van der Waals surface area contributed by atoms with Gasteiger partial charge in [-0.25, -0.2) is 9.79 Å². The molecule has 0 heterocycles. The van der Waals surface area contributed by atoms with Crippen LogP contribution in [0.3, 0.4) is 0 Å². The van der Waals surface area contributed by atoms with Crippen molar-refractivity contribution < 1.29 is 47.3 Å². The second-order valence-electron chi connectivity index (χ2n) is 2.79. The number of ether oxygens (including phenoxy) is 1. The summed E-state index contributed by atoms with van der Waals surface area (Å²) in [6.07, 6.45) is 0. The van der Waals surface area contributed by atoms with Crippen molar-refractivity contribution in [3.05, 3.63) is 36.7 Å². The molecule has 0 spiro atoms. The molecule has 2 amide bonds. The topological polar surface area (TPSA) is 41.9 Å². The van der Waals surface area contributed by atoms with Crippen molar-refractivity contribution in [2.24, 2.45) is 4.99 Å². The zero-order valence-electron chi connectivity index (χ0n) is 10.2. The second kappa shape index (κ2) is 8.62. The Morgan fingerprint density at radius 2 is 2.12 bits per heavy atom. The maximum absolute atomic E-state index is 11.1. The summed E-state index contributed by atoms with van der Waals surface area (Å²) in [5.74, 6) is 0.736. The number of urea groups is 1. The van der Waals surface area contributed by atoms with E-state index in [0.717, 1.165) is 5.75 Å². The van der Waals surface area contributed by atoms with Crippen molar-refractivity contribution in [3.63, 3.8) is 0 Å². The molecular formula is C10H12Li2N2O2. The minimum Gasteiger partial charge on any atom is -0.554 e. The summed E-state index contributed by atoms with van der Waals surface area (Å²) >= 11 is 0. The maximum Gasteiger partial charge on any atom is 1.00 e. The van der Waals surface area contributed by atoms with E-state index in [2.05, 4.69) is 12.0 Å². The molecule has 0 saturated carbocycles. The molecule has 0 aromatic heterocycles. The molecule has 4 nitrogen and oxygen atoms in total. The molecule has 76 valence electrons. The van der Waals surface area contributed by atoms with E-state index < -0.39 is 0 Å². The first-order chi connectivity index (χ1) is 6.63. The summed E-state index contributed by atoms with van der Waals surface area (Å²) in [5, 5.41) is 0.589. The van der Waals surface area contributed by atoms with Gasteiger partial charge in [0.2, 0.25) is 0 Å². The predicted molar refractivity (Wildman–Crippen MR) is 52.7 cm³/mol. The van der Waals surface area contributed by atoms with Gasteiger partial charge >= 0.3 is 43.8 Å². The van der Waals surface area contributed by atoms with Gasteiger partial charge in [0.1, 0.15) is 0 Å². The molecule has 16 heavy (non-hydrogen) atoms. The summed E-state index contributed by atoms with van der Waals surface area (Å²) in [6, 6.07) is 6.53. The van der Waals surface area contributed by atoms with Gasteiger partial charge in [-0.1, -0.05) is 0 Å². The zero-order valence-corrected chi connectivity index (χ0v) is 10.2. The Labute approximate surface area is 119 Å². The molecule has 0 N–H and O–H groups in total. The van der Waals surface area contributed by atoms with E-state index in [-0.39, 0.29) is 43.8 Å². The van der Waals surface area contributed by atoms with E-state index >= 15 is 0 Å². The fraction of sp³-hybridized carbons (Fsp3) is 0.200. The smallest absolute Gasteiger partial charge is 0.554 e. The van der Waals surface area contributed by atoms with Crippen molar-refractivity contribution in [3.8, 4) is 5.75 Å². The standard InChI is InChI=1S/C10H12N2O2.2Li/c1-12(2)10(13)11-8-4-6-9(14-3)7-5-8;;/h4-7H,1H2,2-3H3;;/q-2;2*+1. The number of carbonyl (C=O) groups excluding carboxylic acids is 1. The molecule has 0 saturated heterocycles. The number of hydrogen-bond acceptors (Lipinski definition) is 2. The number of hydrogen-bond donors (Lipinski definition) is 0. The van der Waals surface area contributed by atoms with Crippen molar-refractivity contribution in [1.29, 1.82) is 0 Å². The molecule has 1 rings (SSSR count). The van der Waals surface area contributed by atoms with E-state index in [0.29, 0.717) is 5.36 Å². The Kier molecular flexibility index (Phi) is 9.62. The fourth-order valence-corrected chi connectivity index (χ4v) is 0.853. The van der Waals surface area contributed by atoms with Crippen molar-refractivity contribution in [1.82, 2.24) is 4.90 Å². The quantitative estimate of drug-likeness (QED) is 0.341. The Hall–Kier alpha value is -0.515. The van der Waals surface area contributed by atoms with Crippen LogP contribution in [0.25, 0.3) is 0 Å². The number of rotatable bonds is 1. The number of benzene rings is 1. The van der Waals surface area contributed by atoms with Crippen LogP contribution in [0.15, 0.2) is 29.3 Å². The average Bonchev–Trinajstić information content (AvgIpc) is 2.19.